The van der Waals surface area contributed by atoms with Crippen LogP contribution in [-0.4, -0.2) is 4.98 Å². The molecule has 3 nitrogen and oxygen atoms in total. The fraction of sp³-hybridized carbons (Fsp3) is 0.103. The second-order valence-corrected chi connectivity index (χ2v) is 8.17. The van der Waals surface area contributed by atoms with Crippen LogP contribution >= 0.6 is 0 Å². The Kier molecular flexibility index (Phi) is 3.46. The Bertz CT molecular complexity index is 1750. The molecule has 3 aromatic carbocycles. The van der Waals surface area contributed by atoms with Crippen LogP contribution in [0.3, 0.4) is 0 Å². The molecule has 3 heterocycles. The van der Waals surface area contributed by atoms with Gasteiger partial charge in [-0.15, -0.1) is 0 Å². The van der Waals surface area contributed by atoms with Crippen molar-refractivity contribution in [3.63, 3.8) is 0 Å². The molecule has 0 aliphatic carbocycles. The Labute approximate surface area is 190 Å². The second-order valence-electron chi connectivity index (χ2n) is 8.17. The van der Waals surface area contributed by atoms with Gasteiger partial charge in [-0.1, -0.05) is 54.6 Å². The summed E-state index contributed by atoms with van der Waals surface area (Å²) >= 11 is 0. The first-order valence-electron chi connectivity index (χ1n) is 12.1. The summed E-state index contributed by atoms with van der Waals surface area (Å²) < 4.78 is 32.8. The quantitative estimate of drug-likeness (QED) is 0.286. The molecule has 0 saturated heterocycles. The molecule has 0 N–H and O–H groups in total. The topological polar surface area (TPSA) is 29.9 Å². The number of rotatable bonds is 2. The predicted molar refractivity (Wildman–Crippen MR) is 131 cm³/mol. The third-order valence-corrected chi connectivity index (χ3v) is 6.28. The van der Waals surface area contributed by atoms with Gasteiger partial charge in [0.25, 0.3) is 0 Å². The van der Waals surface area contributed by atoms with E-state index in [9.17, 15) is 0 Å². The molecule has 0 radical (unpaired) electrons. The van der Waals surface area contributed by atoms with Crippen LogP contribution in [0, 0.1) is 13.8 Å². The van der Waals surface area contributed by atoms with Crippen LogP contribution in [-0.2, 0) is 7.05 Å². The molecule has 3 aromatic heterocycles. The second kappa shape index (κ2) is 7.03. The van der Waals surface area contributed by atoms with E-state index in [1.807, 2.05) is 72.3 Å². The number of nitrogens with zero attached hydrogens (tertiary/aromatic N) is 2. The van der Waals surface area contributed by atoms with Gasteiger partial charge >= 0.3 is 0 Å². The number of aryl methyl sites for hydroxylation is 3. The Morgan fingerprint density at radius 2 is 1.66 bits per heavy atom. The first-order chi connectivity index (χ1) is 16.8. The highest BCUT2D eigenvalue weighted by Gasteiger charge is 2.25. The number of benzene rings is 3. The zero-order valence-electron chi connectivity index (χ0n) is 20.9. The van der Waals surface area contributed by atoms with Crippen molar-refractivity contribution < 1.29 is 13.1 Å². The molecule has 0 saturated carbocycles. The summed E-state index contributed by atoms with van der Waals surface area (Å²) in [4.78, 5) is 4.48. The van der Waals surface area contributed by atoms with Gasteiger partial charge < -0.3 is 4.42 Å². The lowest BCUT2D eigenvalue weighted by molar-refractivity contribution is -0.660. The third kappa shape index (κ3) is 2.68. The van der Waals surface area contributed by atoms with E-state index in [0.717, 1.165) is 49.5 Å². The number of fused-ring (bicyclic) bond motifs is 5. The van der Waals surface area contributed by atoms with Gasteiger partial charge in [-0.2, -0.15) is 0 Å². The smallest absolute Gasteiger partial charge is 0.227 e. The van der Waals surface area contributed by atoms with Crippen molar-refractivity contribution >= 4 is 32.8 Å². The molecule has 6 aromatic rings. The molecule has 0 atom stereocenters. The molecule has 0 aliphatic rings. The molecule has 6 rings (SSSR count). The Morgan fingerprint density at radius 1 is 0.906 bits per heavy atom. The normalized spacial score (nSPS) is 13.4. The van der Waals surface area contributed by atoms with Crippen LogP contribution < -0.4 is 4.57 Å². The fourth-order valence-electron chi connectivity index (χ4n) is 4.77. The average Bonchev–Trinajstić information content (AvgIpc) is 3.24. The minimum absolute atomic E-state index is 0.316. The van der Waals surface area contributed by atoms with Crippen molar-refractivity contribution in [3.05, 3.63) is 96.3 Å². The van der Waals surface area contributed by atoms with Gasteiger partial charge in [0.2, 0.25) is 11.4 Å². The lowest BCUT2D eigenvalue weighted by Gasteiger charge is -2.13. The van der Waals surface area contributed by atoms with E-state index in [2.05, 4.69) is 24.0 Å². The van der Waals surface area contributed by atoms with Crippen molar-refractivity contribution in [3.8, 4) is 22.4 Å². The molecule has 0 amide bonds. The summed E-state index contributed by atoms with van der Waals surface area (Å²) in [7, 11) is 1.89. The molecule has 0 spiro atoms. The summed E-state index contributed by atoms with van der Waals surface area (Å²) in [5.74, 6) is 0. The molecule has 154 valence electrons. The average molecular weight is 419 g/mol. The van der Waals surface area contributed by atoms with E-state index in [0.29, 0.717) is 16.8 Å². The molecular weight excluding hydrogens is 392 g/mol. The summed E-state index contributed by atoms with van der Waals surface area (Å²) in [5, 5.41) is 4.22. The standard InChI is InChI=1S/C29H23N2O/c1-18-17-31(3)25(16-24(18)20-10-5-4-6-11-20)26-19(2)21-12-7-8-13-22(21)27-23-14-9-15-30-29(23)32-28(26)27/h4-17H,1-3H3/q+1/i1D3. The van der Waals surface area contributed by atoms with Gasteiger partial charge in [-0.3, -0.25) is 0 Å². The maximum Gasteiger partial charge on any atom is 0.227 e. The molecule has 0 fully saturated rings. The molecule has 0 unspecified atom stereocenters. The number of hydrogen-bond acceptors (Lipinski definition) is 2. The van der Waals surface area contributed by atoms with Crippen LogP contribution in [0.4, 0.5) is 0 Å². The fourth-order valence-corrected chi connectivity index (χ4v) is 4.77. The molecular formula is C29H23N2O+. The van der Waals surface area contributed by atoms with Gasteiger partial charge in [0, 0.05) is 32.7 Å². The van der Waals surface area contributed by atoms with E-state index in [4.69, 9.17) is 8.53 Å². The van der Waals surface area contributed by atoms with Gasteiger partial charge in [0.05, 0.1) is 5.56 Å². The van der Waals surface area contributed by atoms with Crippen LogP contribution in [0.5, 0.6) is 0 Å². The van der Waals surface area contributed by atoms with Crippen molar-refractivity contribution in [1.29, 1.82) is 0 Å². The Hall–Kier alpha value is -3.98. The lowest BCUT2D eigenvalue weighted by Crippen LogP contribution is -2.31. The zero-order valence-corrected chi connectivity index (χ0v) is 17.9. The monoisotopic (exact) mass is 418 g/mol. The number of pyridine rings is 2. The van der Waals surface area contributed by atoms with Gasteiger partial charge in [0.1, 0.15) is 7.05 Å². The summed E-state index contributed by atoms with van der Waals surface area (Å²) in [6, 6.07) is 23.9. The predicted octanol–water partition coefficient (Wildman–Crippen LogP) is 6.91. The van der Waals surface area contributed by atoms with E-state index < -0.39 is 6.85 Å². The maximum atomic E-state index is 8.18. The highest BCUT2D eigenvalue weighted by Crippen LogP contribution is 2.42. The molecule has 32 heavy (non-hydrogen) atoms. The zero-order chi connectivity index (χ0) is 24.3. The van der Waals surface area contributed by atoms with Crippen molar-refractivity contribution in [1.82, 2.24) is 4.98 Å². The SMILES string of the molecule is [2H]C([2H])([2H])c1c[n+](C)c(-c2c(C)c3ccccc3c3c2oc2ncccc23)cc1-c1ccccc1. The summed E-state index contributed by atoms with van der Waals surface area (Å²) in [5.41, 5.74) is 6.10. The first kappa shape index (κ1) is 15.8. The molecule has 0 aliphatic heterocycles. The lowest BCUT2D eigenvalue weighted by atomic mass is 9.92. The van der Waals surface area contributed by atoms with E-state index in [-0.39, 0.29) is 0 Å². The van der Waals surface area contributed by atoms with Crippen LogP contribution in [0.15, 0.2) is 89.6 Å². The maximum absolute atomic E-state index is 8.18. The van der Waals surface area contributed by atoms with Crippen molar-refractivity contribution in [2.24, 2.45) is 7.05 Å². The third-order valence-electron chi connectivity index (χ3n) is 6.28. The first-order valence-corrected chi connectivity index (χ1v) is 10.6. The van der Waals surface area contributed by atoms with E-state index in [1.165, 1.54) is 0 Å². The highest BCUT2D eigenvalue weighted by atomic mass is 16.3. The largest absolute Gasteiger partial charge is 0.437 e. The van der Waals surface area contributed by atoms with Crippen molar-refractivity contribution in [2.45, 2.75) is 13.8 Å². The number of hydrogen-bond donors (Lipinski definition) is 0. The minimum Gasteiger partial charge on any atom is -0.437 e. The Morgan fingerprint density at radius 3 is 2.47 bits per heavy atom. The number of aromatic nitrogens is 2. The van der Waals surface area contributed by atoms with Crippen LogP contribution in [0.2, 0.25) is 0 Å². The van der Waals surface area contributed by atoms with E-state index in [1.54, 1.807) is 12.4 Å². The highest BCUT2D eigenvalue weighted by molar-refractivity contribution is 6.22. The van der Waals surface area contributed by atoms with Gasteiger partial charge in [-0.25, -0.2) is 9.55 Å². The van der Waals surface area contributed by atoms with Crippen LogP contribution in [0.25, 0.3) is 55.2 Å². The van der Waals surface area contributed by atoms with Crippen LogP contribution in [0.1, 0.15) is 15.2 Å². The summed E-state index contributed by atoms with van der Waals surface area (Å²) in [6.45, 7) is -0.157. The Balaban J connectivity index is 1.78. The minimum atomic E-state index is -2.25. The molecule has 0 bridgehead atoms. The van der Waals surface area contributed by atoms with E-state index >= 15 is 0 Å². The van der Waals surface area contributed by atoms with Gasteiger partial charge in [0.15, 0.2) is 11.8 Å². The van der Waals surface area contributed by atoms with Crippen molar-refractivity contribution in [2.75, 3.05) is 0 Å². The summed E-state index contributed by atoms with van der Waals surface area (Å²) in [6.07, 6.45) is 3.46. The van der Waals surface area contributed by atoms with Gasteiger partial charge in [-0.05, 0) is 53.4 Å². The molecule has 3 heteroatoms. The number of furan rings is 1.